The molecular weight excluding hydrogens is 180 g/mol. The first-order valence-electron chi connectivity index (χ1n) is 5.40. The highest BCUT2D eigenvalue weighted by atomic mass is 16.3. The molecule has 0 spiro atoms. The minimum absolute atomic E-state index is 0.0101. The molecule has 2 aliphatic rings. The van der Waals surface area contributed by atoms with Crippen molar-refractivity contribution in [3.05, 3.63) is 0 Å². The molecule has 0 radical (unpaired) electrons. The van der Waals surface area contributed by atoms with Crippen LogP contribution < -0.4 is 5.32 Å². The lowest BCUT2D eigenvalue weighted by atomic mass is 10.0. The molecule has 0 aromatic heterocycles. The standard InChI is InChI=1S/C10H18N2O2/c1-7-4-5-12(9(7)6-13)10(14)11-8-2-3-8/h7-9,13H,2-6H2,1H3,(H,11,14). The summed E-state index contributed by atoms with van der Waals surface area (Å²) < 4.78 is 0. The molecule has 2 N–H and O–H groups in total. The number of hydrogen-bond donors (Lipinski definition) is 2. The van der Waals surface area contributed by atoms with Gasteiger partial charge in [-0.25, -0.2) is 4.79 Å². The van der Waals surface area contributed by atoms with Crippen LogP contribution in [0.4, 0.5) is 4.79 Å². The first kappa shape index (κ1) is 9.77. The van der Waals surface area contributed by atoms with Gasteiger partial charge in [0.15, 0.2) is 0 Å². The van der Waals surface area contributed by atoms with Crippen LogP contribution in [-0.2, 0) is 0 Å². The average molecular weight is 198 g/mol. The van der Waals surface area contributed by atoms with Crippen LogP contribution in [0.3, 0.4) is 0 Å². The highest BCUT2D eigenvalue weighted by Crippen LogP contribution is 2.25. The zero-order valence-electron chi connectivity index (χ0n) is 8.57. The lowest BCUT2D eigenvalue weighted by Crippen LogP contribution is -2.46. The summed E-state index contributed by atoms with van der Waals surface area (Å²) in [6, 6.07) is 0.433. The lowest BCUT2D eigenvalue weighted by molar-refractivity contribution is 0.143. The average Bonchev–Trinajstić information content (AvgIpc) is 2.88. The van der Waals surface area contributed by atoms with E-state index in [0.29, 0.717) is 12.0 Å². The summed E-state index contributed by atoms with van der Waals surface area (Å²) in [7, 11) is 0. The number of carbonyl (C=O) groups is 1. The molecule has 2 atom stereocenters. The number of urea groups is 1. The maximum Gasteiger partial charge on any atom is 0.317 e. The molecule has 1 aliphatic heterocycles. The summed E-state index contributed by atoms with van der Waals surface area (Å²) in [5, 5.41) is 12.1. The number of hydrogen-bond acceptors (Lipinski definition) is 2. The van der Waals surface area contributed by atoms with E-state index in [-0.39, 0.29) is 18.7 Å². The Balaban J connectivity index is 1.91. The highest BCUT2D eigenvalue weighted by Gasteiger charge is 2.35. The summed E-state index contributed by atoms with van der Waals surface area (Å²) >= 11 is 0. The fourth-order valence-electron chi connectivity index (χ4n) is 2.02. The van der Waals surface area contributed by atoms with Crippen molar-refractivity contribution in [3.8, 4) is 0 Å². The van der Waals surface area contributed by atoms with Crippen LogP contribution in [0.2, 0.25) is 0 Å². The maximum absolute atomic E-state index is 11.7. The molecule has 0 aromatic carbocycles. The number of amides is 2. The van der Waals surface area contributed by atoms with E-state index in [0.717, 1.165) is 25.8 Å². The van der Waals surface area contributed by atoms with E-state index in [9.17, 15) is 9.90 Å². The molecule has 0 bridgehead atoms. The largest absolute Gasteiger partial charge is 0.394 e. The van der Waals surface area contributed by atoms with Crippen molar-refractivity contribution >= 4 is 6.03 Å². The van der Waals surface area contributed by atoms with Crippen LogP contribution in [0.1, 0.15) is 26.2 Å². The zero-order valence-corrected chi connectivity index (χ0v) is 8.57. The first-order chi connectivity index (χ1) is 6.72. The molecule has 4 nitrogen and oxygen atoms in total. The summed E-state index contributed by atoms with van der Waals surface area (Å²) in [6.45, 7) is 2.95. The van der Waals surface area contributed by atoms with Crippen LogP contribution in [0, 0.1) is 5.92 Å². The van der Waals surface area contributed by atoms with E-state index in [4.69, 9.17) is 0 Å². The molecule has 1 saturated carbocycles. The third-order valence-corrected chi connectivity index (χ3v) is 3.24. The maximum atomic E-state index is 11.7. The summed E-state index contributed by atoms with van der Waals surface area (Å²) in [6.07, 6.45) is 3.22. The molecule has 1 aliphatic carbocycles. The molecule has 2 unspecified atom stereocenters. The van der Waals surface area contributed by atoms with Gasteiger partial charge in [-0.3, -0.25) is 0 Å². The van der Waals surface area contributed by atoms with Gasteiger partial charge in [0.1, 0.15) is 0 Å². The molecule has 1 saturated heterocycles. The molecular formula is C10H18N2O2. The third-order valence-electron chi connectivity index (χ3n) is 3.24. The van der Waals surface area contributed by atoms with Gasteiger partial charge in [-0.2, -0.15) is 0 Å². The van der Waals surface area contributed by atoms with E-state index < -0.39 is 0 Å². The van der Waals surface area contributed by atoms with E-state index in [1.165, 1.54) is 0 Å². The molecule has 2 rings (SSSR count). The van der Waals surface area contributed by atoms with E-state index in [1.54, 1.807) is 4.90 Å². The fraction of sp³-hybridized carbons (Fsp3) is 0.900. The minimum atomic E-state index is 0.0101. The van der Waals surface area contributed by atoms with E-state index in [2.05, 4.69) is 12.2 Å². The Kier molecular flexibility index (Phi) is 2.63. The Bertz CT molecular complexity index is 228. The summed E-state index contributed by atoms with van der Waals surface area (Å²) in [5.74, 6) is 0.421. The van der Waals surface area contributed by atoms with Crippen molar-refractivity contribution in [2.45, 2.75) is 38.3 Å². The fourth-order valence-corrected chi connectivity index (χ4v) is 2.02. The highest BCUT2D eigenvalue weighted by molar-refractivity contribution is 5.75. The predicted molar refractivity (Wildman–Crippen MR) is 52.9 cm³/mol. The van der Waals surface area contributed by atoms with Crippen molar-refractivity contribution in [1.82, 2.24) is 10.2 Å². The van der Waals surface area contributed by atoms with Crippen molar-refractivity contribution in [1.29, 1.82) is 0 Å². The Morgan fingerprint density at radius 2 is 2.21 bits per heavy atom. The van der Waals surface area contributed by atoms with Gasteiger partial charge in [-0.1, -0.05) is 6.92 Å². The second-order valence-electron chi connectivity index (χ2n) is 4.43. The van der Waals surface area contributed by atoms with Crippen LogP contribution in [0.15, 0.2) is 0 Å². The second-order valence-corrected chi connectivity index (χ2v) is 4.43. The summed E-state index contributed by atoms with van der Waals surface area (Å²) in [4.78, 5) is 13.5. The van der Waals surface area contributed by atoms with Gasteiger partial charge in [-0.15, -0.1) is 0 Å². The van der Waals surface area contributed by atoms with Crippen LogP contribution >= 0.6 is 0 Å². The number of aliphatic hydroxyl groups excluding tert-OH is 1. The van der Waals surface area contributed by atoms with Crippen molar-refractivity contribution in [2.75, 3.05) is 13.2 Å². The number of nitrogens with one attached hydrogen (secondary N) is 1. The van der Waals surface area contributed by atoms with Gasteiger partial charge in [0.05, 0.1) is 12.6 Å². The van der Waals surface area contributed by atoms with Crippen LogP contribution in [-0.4, -0.2) is 41.3 Å². The van der Waals surface area contributed by atoms with E-state index >= 15 is 0 Å². The molecule has 4 heteroatoms. The number of aliphatic hydroxyl groups is 1. The minimum Gasteiger partial charge on any atom is -0.394 e. The van der Waals surface area contributed by atoms with Crippen molar-refractivity contribution in [3.63, 3.8) is 0 Å². The van der Waals surface area contributed by atoms with Gasteiger partial charge in [0.2, 0.25) is 0 Å². The Morgan fingerprint density at radius 1 is 1.50 bits per heavy atom. The SMILES string of the molecule is CC1CCN(C(=O)NC2CC2)C1CO. The lowest BCUT2D eigenvalue weighted by Gasteiger charge is -2.25. The number of carbonyl (C=O) groups excluding carboxylic acids is 1. The zero-order chi connectivity index (χ0) is 10.1. The van der Waals surface area contributed by atoms with Crippen LogP contribution in [0.25, 0.3) is 0 Å². The van der Waals surface area contributed by atoms with Gasteiger partial charge >= 0.3 is 6.03 Å². The molecule has 1 heterocycles. The normalized spacial score (nSPS) is 32.0. The monoisotopic (exact) mass is 198 g/mol. The first-order valence-corrected chi connectivity index (χ1v) is 5.40. The number of rotatable bonds is 2. The number of likely N-dealkylation sites (tertiary alicyclic amines) is 1. The quantitative estimate of drug-likeness (QED) is 0.681. The third kappa shape index (κ3) is 1.85. The topological polar surface area (TPSA) is 52.6 Å². The molecule has 2 fully saturated rings. The second kappa shape index (κ2) is 3.77. The van der Waals surface area contributed by atoms with Gasteiger partial charge < -0.3 is 15.3 Å². The molecule has 14 heavy (non-hydrogen) atoms. The Labute approximate surface area is 84.3 Å². The van der Waals surface area contributed by atoms with Gasteiger partial charge in [-0.05, 0) is 25.2 Å². The van der Waals surface area contributed by atoms with Gasteiger partial charge in [0.25, 0.3) is 0 Å². The van der Waals surface area contributed by atoms with Gasteiger partial charge in [0, 0.05) is 12.6 Å². The Morgan fingerprint density at radius 3 is 2.79 bits per heavy atom. The molecule has 0 aromatic rings. The van der Waals surface area contributed by atoms with Crippen molar-refractivity contribution < 1.29 is 9.90 Å². The summed E-state index contributed by atoms with van der Waals surface area (Å²) in [5.41, 5.74) is 0. The Hall–Kier alpha value is -0.770. The predicted octanol–water partition coefficient (Wildman–Crippen LogP) is 0.561. The smallest absolute Gasteiger partial charge is 0.317 e. The van der Waals surface area contributed by atoms with Crippen molar-refractivity contribution in [2.24, 2.45) is 5.92 Å². The van der Waals surface area contributed by atoms with Crippen LogP contribution in [0.5, 0.6) is 0 Å². The molecule has 2 amide bonds. The van der Waals surface area contributed by atoms with E-state index in [1.807, 2.05) is 0 Å². The number of nitrogens with zero attached hydrogens (tertiary/aromatic N) is 1. The molecule has 80 valence electrons.